The maximum absolute atomic E-state index is 11.6. The van der Waals surface area contributed by atoms with E-state index in [1.54, 1.807) is 13.0 Å². The summed E-state index contributed by atoms with van der Waals surface area (Å²) in [6.45, 7) is 8.07. The molecule has 0 heterocycles. The standard InChI is InChI=1S/C15H29N5O3/c1-5-12(16)14(15(3,23-4)13(22)6-2)20(11-21)10-8-7-9-18-19-17/h5,11-14,22H,1,6-10,16H2,2-4H3/t12-,13-,14-,15-/m1/s1. The third kappa shape index (κ3) is 5.84. The van der Waals surface area contributed by atoms with Crippen molar-refractivity contribution in [2.45, 2.75) is 56.9 Å². The minimum absolute atomic E-state index is 0.376. The van der Waals surface area contributed by atoms with Gasteiger partial charge in [-0.25, -0.2) is 0 Å². The van der Waals surface area contributed by atoms with Gasteiger partial charge in [-0.2, -0.15) is 0 Å². The van der Waals surface area contributed by atoms with Crippen LogP contribution in [0.2, 0.25) is 0 Å². The number of unbranched alkanes of at least 4 members (excludes halogenated alkanes) is 1. The summed E-state index contributed by atoms with van der Waals surface area (Å²) >= 11 is 0. The second-order valence-electron chi connectivity index (χ2n) is 5.57. The van der Waals surface area contributed by atoms with Gasteiger partial charge in [-0.05, 0) is 31.7 Å². The first-order valence-electron chi connectivity index (χ1n) is 7.76. The number of hydrogen-bond acceptors (Lipinski definition) is 5. The zero-order valence-electron chi connectivity index (χ0n) is 14.3. The van der Waals surface area contributed by atoms with Crippen molar-refractivity contribution in [3.63, 3.8) is 0 Å². The number of carbonyl (C=O) groups excluding carboxylic acids is 1. The number of hydrogen-bond donors (Lipinski definition) is 2. The molecule has 1 amide bonds. The van der Waals surface area contributed by atoms with Gasteiger partial charge in [0.2, 0.25) is 6.41 Å². The van der Waals surface area contributed by atoms with E-state index in [4.69, 9.17) is 16.0 Å². The predicted molar refractivity (Wildman–Crippen MR) is 89.7 cm³/mol. The first-order valence-corrected chi connectivity index (χ1v) is 7.76. The van der Waals surface area contributed by atoms with Gasteiger partial charge in [0, 0.05) is 31.2 Å². The van der Waals surface area contributed by atoms with E-state index in [-0.39, 0.29) is 0 Å². The lowest BCUT2D eigenvalue weighted by Crippen LogP contribution is -2.64. The number of amides is 1. The molecule has 23 heavy (non-hydrogen) atoms. The van der Waals surface area contributed by atoms with E-state index in [1.165, 1.54) is 12.0 Å². The van der Waals surface area contributed by atoms with Gasteiger partial charge >= 0.3 is 0 Å². The molecule has 0 aliphatic rings. The van der Waals surface area contributed by atoms with E-state index in [0.29, 0.717) is 38.8 Å². The summed E-state index contributed by atoms with van der Waals surface area (Å²) in [6.07, 6.45) is 3.25. The molecule has 0 rings (SSSR count). The van der Waals surface area contributed by atoms with Crippen LogP contribution in [0.4, 0.5) is 0 Å². The van der Waals surface area contributed by atoms with Crippen molar-refractivity contribution < 1.29 is 14.6 Å². The summed E-state index contributed by atoms with van der Waals surface area (Å²) < 4.78 is 5.56. The van der Waals surface area contributed by atoms with E-state index < -0.39 is 23.8 Å². The van der Waals surface area contributed by atoms with Crippen molar-refractivity contribution in [2.24, 2.45) is 10.8 Å². The SMILES string of the molecule is C=C[C@@H](N)[C@@H](N(C=O)CCCCN=[N+]=[N-])[C@](C)(OC)[C@H](O)CC. The van der Waals surface area contributed by atoms with Crippen LogP contribution in [0.3, 0.4) is 0 Å². The zero-order chi connectivity index (χ0) is 17.9. The minimum Gasteiger partial charge on any atom is -0.390 e. The summed E-state index contributed by atoms with van der Waals surface area (Å²) in [6, 6.07) is -1.11. The van der Waals surface area contributed by atoms with Crippen LogP contribution < -0.4 is 5.73 Å². The fraction of sp³-hybridized carbons (Fsp3) is 0.800. The molecule has 0 bridgehead atoms. The molecule has 3 N–H and O–H groups in total. The van der Waals surface area contributed by atoms with Crippen LogP contribution in [0, 0.1) is 0 Å². The fourth-order valence-corrected chi connectivity index (χ4v) is 2.70. The van der Waals surface area contributed by atoms with Gasteiger partial charge in [0.1, 0.15) is 5.60 Å². The monoisotopic (exact) mass is 327 g/mol. The lowest BCUT2D eigenvalue weighted by atomic mass is 9.83. The van der Waals surface area contributed by atoms with Crippen LogP contribution in [-0.2, 0) is 9.53 Å². The second-order valence-corrected chi connectivity index (χ2v) is 5.57. The highest BCUT2D eigenvalue weighted by molar-refractivity contribution is 5.49. The lowest BCUT2D eigenvalue weighted by Gasteiger charge is -2.46. The summed E-state index contributed by atoms with van der Waals surface area (Å²) in [4.78, 5) is 15.8. The molecule has 0 saturated carbocycles. The van der Waals surface area contributed by atoms with Crippen LogP contribution >= 0.6 is 0 Å². The van der Waals surface area contributed by atoms with Gasteiger partial charge in [0.05, 0.1) is 12.1 Å². The third-order valence-corrected chi connectivity index (χ3v) is 4.19. The average Bonchev–Trinajstić information content (AvgIpc) is 2.58. The van der Waals surface area contributed by atoms with Crippen LogP contribution in [0.25, 0.3) is 10.4 Å². The molecule has 0 fully saturated rings. The van der Waals surface area contributed by atoms with Gasteiger partial charge in [-0.1, -0.05) is 18.1 Å². The molecule has 0 unspecified atom stereocenters. The third-order valence-electron chi connectivity index (χ3n) is 4.19. The maximum Gasteiger partial charge on any atom is 0.210 e. The number of azide groups is 1. The summed E-state index contributed by atoms with van der Waals surface area (Å²) in [5.41, 5.74) is 13.4. The van der Waals surface area contributed by atoms with Gasteiger partial charge in [-0.3, -0.25) is 4.79 Å². The zero-order valence-corrected chi connectivity index (χ0v) is 14.3. The molecule has 0 aliphatic carbocycles. The van der Waals surface area contributed by atoms with Crippen LogP contribution in [0.1, 0.15) is 33.1 Å². The molecule has 0 saturated heterocycles. The van der Waals surface area contributed by atoms with Crippen molar-refractivity contribution in [2.75, 3.05) is 20.2 Å². The maximum atomic E-state index is 11.6. The number of nitrogens with two attached hydrogens (primary N) is 1. The van der Waals surface area contributed by atoms with Crippen LogP contribution in [-0.4, -0.2) is 60.4 Å². The first-order chi connectivity index (χ1) is 10.9. The molecule has 132 valence electrons. The van der Waals surface area contributed by atoms with E-state index in [2.05, 4.69) is 16.6 Å². The topological polar surface area (TPSA) is 125 Å². The minimum atomic E-state index is -1.02. The van der Waals surface area contributed by atoms with Gasteiger partial charge < -0.3 is 20.5 Å². The number of ether oxygens (including phenoxy) is 1. The molecule has 0 radical (unpaired) electrons. The number of carbonyl (C=O) groups is 1. The van der Waals surface area contributed by atoms with Crippen molar-refractivity contribution in [3.8, 4) is 0 Å². The van der Waals surface area contributed by atoms with Gasteiger partial charge in [-0.15, -0.1) is 6.58 Å². The smallest absolute Gasteiger partial charge is 0.210 e. The van der Waals surface area contributed by atoms with Crippen molar-refractivity contribution in [1.29, 1.82) is 0 Å². The van der Waals surface area contributed by atoms with E-state index in [0.717, 1.165) is 0 Å². The van der Waals surface area contributed by atoms with Crippen molar-refractivity contribution in [3.05, 3.63) is 23.1 Å². The highest BCUT2D eigenvalue weighted by Crippen LogP contribution is 2.28. The number of methoxy groups -OCH3 is 1. The Balaban J connectivity index is 5.27. The highest BCUT2D eigenvalue weighted by Gasteiger charge is 2.45. The Hall–Kier alpha value is -1.60. The predicted octanol–water partition coefficient (Wildman–Crippen LogP) is 1.59. The number of rotatable bonds is 13. The van der Waals surface area contributed by atoms with Gasteiger partial charge in [0.15, 0.2) is 0 Å². The molecule has 0 spiro atoms. The molecule has 0 aromatic carbocycles. The Kier molecular flexibility index (Phi) is 10.2. The Bertz CT molecular complexity index is 414. The largest absolute Gasteiger partial charge is 0.390 e. The molecule has 8 heteroatoms. The summed E-state index contributed by atoms with van der Waals surface area (Å²) in [5, 5.41) is 13.8. The Labute approximate surface area is 137 Å². The van der Waals surface area contributed by atoms with E-state index in [1.807, 2.05) is 6.92 Å². The summed E-state index contributed by atoms with van der Waals surface area (Å²) in [5.74, 6) is 0. The first kappa shape index (κ1) is 21.4. The van der Waals surface area contributed by atoms with Crippen LogP contribution in [0.5, 0.6) is 0 Å². The number of nitrogens with zero attached hydrogens (tertiary/aromatic N) is 4. The van der Waals surface area contributed by atoms with Gasteiger partial charge in [0.25, 0.3) is 0 Å². The molecule has 0 aromatic rings. The molecule has 4 atom stereocenters. The van der Waals surface area contributed by atoms with E-state index >= 15 is 0 Å². The molecule has 0 aromatic heterocycles. The number of aliphatic hydroxyl groups excluding tert-OH is 1. The Morgan fingerprint density at radius 3 is 2.65 bits per heavy atom. The molecule has 8 nitrogen and oxygen atoms in total. The second kappa shape index (κ2) is 11.0. The lowest BCUT2D eigenvalue weighted by molar-refractivity contribution is -0.151. The average molecular weight is 327 g/mol. The molecular weight excluding hydrogens is 298 g/mol. The number of aliphatic hydroxyl groups is 1. The Morgan fingerprint density at radius 1 is 1.57 bits per heavy atom. The van der Waals surface area contributed by atoms with Crippen LogP contribution in [0.15, 0.2) is 17.8 Å². The highest BCUT2D eigenvalue weighted by atomic mass is 16.5. The molecular formula is C15H29N5O3. The quantitative estimate of drug-likeness (QED) is 0.133. The van der Waals surface area contributed by atoms with Crippen molar-refractivity contribution in [1.82, 2.24) is 4.90 Å². The van der Waals surface area contributed by atoms with E-state index in [9.17, 15) is 9.90 Å². The normalized spacial score (nSPS) is 17.3. The molecule has 0 aliphatic heterocycles. The fourth-order valence-electron chi connectivity index (χ4n) is 2.70. The Morgan fingerprint density at radius 2 is 2.22 bits per heavy atom. The van der Waals surface area contributed by atoms with Crippen molar-refractivity contribution >= 4 is 6.41 Å². The summed E-state index contributed by atoms with van der Waals surface area (Å²) in [7, 11) is 1.49.